The highest BCUT2D eigenvalue weighted by molar-refractivity contribution is 6.03. The number of imidazole rings is 1. The summed E-state index contributed by atoms with van der Waals surface area (Å²) in [6, 6.07) is -0.903. The van der Waals surface area contributed by atoms with Crippen LogP contribution in [0.4, 0.5) is 0 Å². The second-order valence-corrected chi connectivity index (χ2v) is 4.04. The summed E-state index contributed by atoms with van der Waals surface area (Å²) in [6.07, 6.45) is 1.12. The van der Waals surface area contributed by atoms with Gasteiger partial charge in [0.25, 0.3) is 5.91 Å². The molecule has 0 saturated carbocycles. The van der Waals surface area contributed by atoms with Crippen molar-refractivity contribution in [3.63, 3.8) is 0 Å². The molecular weight excluding hydrogens is 270 g/mol. The third-order valence-corrected chi connectivity index (χ3v) is 2.92. The highest BCUT2D eigenvalue weighted by atomic mass is 16.5. The van der Waals surface area contributed by atoms with Crippen molar-refractivity contribution in [3.8, 4) is 0 Å². The van der Waals surface area contributed by atoms with E-state index in [2.05, 4.69) is 14.7 Å². The summed E-state index contributed by atoms with van der Waals surface area (Å²) < 4.78 is 9.75. The minimum absolute atomic E-state index is 0.00520. The molecule has 1 saturated heterocycles. The SMILES string of the molecule is COC(=O)C1COCCN1C(=O)c1nc[nH]c1C(=O)O. The van der Waals surface area contributed by atoms with Gasteiger partial charge in [0.05, 0.1) is 26.7 Å². The molecule has 2 N–H and O–H groups in total. The molecule has 0 aliphatic carbocycles. The Labute approximate surface area is 113 Å². The number of aromatic nitrogens is 2. The molecule has 0 bridgehead atoms. The predicted octanol–water partition coefficient (Wildman–Crippen LogP) is -0.878. The maximum absolute atomic E-state index is 12.3. The van der Waals surface area contributed by atoms with E-state index in [0.717, 1.165) is 6.33 Å². The number of nitrogens with zero attached hydrogens (tertiary/aromatic N) is 2. The van der Waals surface area contributed by atoms with Crippen molar-refractivity contribution in [1.82, 2.24) is 14.9 Å². The first-order valence-electron chi connectivity index (χ1n) is 5.79. The molecule has 9 nitrogen and oxygen atoms in total. The first-order valence-corrected chi connectivity index (χ1v) is 5.79. The number of carboxylic acid groups (broad SMARTS) is 1. The van der Waals surface area contributed by atoms with Gasteiger partial charge in [0.1, 0.15) is 0 Å². The smallest absolute Gasteiger partial charge is 0.354 e. The van der Waals surface area contributed by atoms with Gasteiger partial charge in [-0.15, -0.1) is 0 Å². The molecule has 0 aromatic carbocycles. The second kappa shape index (κ2) is 5.70. The molecule has 9 heteroatoms. The Morgan fingerprint density at radius 2 is 2.30 bits per heavy atom. The number of rotatable bonds is 3. The van der Waals surface area contributed by atoms with Crippen LogP contribution in [0.1, 0.15) is 21.0 Å². The lowest BCUT2D eigenvalue weighted by atomic mass is 10.2. The first kappa shape index (κ1) is 14.0. The van der Waals surface area contributed by atoms with Crippen LogP contribution in [0, 0.1) is 0 Å². The maximum atomic E-state index is 12.3. The van der Waals surface area contributed by atoms with Crippen molar-refractivity contribution in [2.75, 3.05) is 26.9 Å². The molecule has 0 radical (unpaired) electrons. The fraction of sp³-hybridized carbons (Fsp3) is 0.455. The summed E-state index contributed by atoms with van der Waals surface area (Å²) in [4.78, 5) is 42.2. The van der Waals surface area contributed by atoms with E-state index in [4.69, 9.17) is 9.84 Å². The van der Waals surface area contributed by atoms with Crippen molar-refractivity contribution >= 4 is 17.8 Å². The Kier molecular flexibility index (Phi) is 3.99. The number of hydrogen-bond acceptors (Lipinski definition) is 6. The lowest BCUT2D eigenvalue weighted by Crippen LogP contribution is -2.53. The van der Waals surface area contributed by atoms with E-state index >= 15 is 0 Å². The highest BCUT2D eigenvalue weighted by Gasteiger charge is 2.36. The Balaban J connectivity index is 2.28. The van der Waals surface area contributed by atoms with Gasteiger partial charge in [0.15, 0.2) is 17.4 Å². The fourth-order valence-corrected chi connectivity index (χ4v) is 1.93. The normalized spacial score (nSPS) is 18.6. The summed E-state index contributed by atoms with van der Waals surface area (Å²) in [6.45, 7) is 0.418. The monoisotopic (exact) mass is 283 g/mol. The van der Waals surface area contributed by atoms with E-state index in [-0.39, 0.29) is 31.1 Å². The van der Waals surface area contributed by atoms with Crippen molar-refractivity contribution in [1.29, 1.82) is 0 Å². The summed E-state index contributed by atoms with van der Waals surface area (Å²) in [5.74, 6) is -2.57. The standard InChI is InChI=1S/C11H13N3O6/c1-19-11(18)6-4-20-3-2-14(6)9(15)7-8(10(16)17)13-5-12-7/h5-6H,2-4H2,1H3,(H,12,13)(H,16,17). The average molecular weight is 283 g/mol. The predicted molar refractivity (Wildman–Crippen MR) is 63.2 cm³/mol. The number of H-pyrrole nitrogens is 1. The van der Waals surface area contributed by atoms with Crippen LogP contribution in [-0.4, -0.2) is 70.7 Å². The Morgan fingerprint density at radius 1 is 1.55 bits per heavy atom. The summed E-state index contributed by atoms with van der Waals surface area (Å²) in [5, 5.41) is 8.96. The number of amides is 1. The molecule has 1 fully saturated rings. The largest absolute Gasteiger partial charge is 0.477 e. The molecule has 1 atom stereocenters. The number of hydrogen-bond donors (Lipinski definition) is 2. The first-order chi connectivity index (χ1) is 9.56. The van der Waals surface area contributed by atoms with Crippen LogP contribution < -0.4 is 0 Å². The number of esters is 1. The number of carbonyl (C=O) groups is 3. The number of aromatic amines is 1. The van der Waals surface area contributed by atoms with E-state index < -0.39 is 23.9 Å². The van der Waals surface area contributed by atoms with Gasteiger partial charge in [0.2, 0.25) is 0 Å². The topological polar surface area (TPSA) is 122 Å². The van der Waals surface area contributed by atoms with Crippen LogP contribution in [0.3, 0.4) is 0 Å². The lowest BCUT2D eigenvalue weighted by Gasteiger charge is -2.33. The number of carbonyl (C=O) groups excluding carboxylic acids is 2. The Morgan fingerprint density at radius 3 is 2.95 bits per heavy atom. The highest BCUT2D eigenvalue weighted by Crippen LogP contribution is 2.14. The summed E-state index contributed by atoms with van der Waals surface area (Å²) >= 11 is 0. The molecule has 1 aliphatic heterocycles. The van der Waals surface area contributed by atoms with Gasteiger partial charge in [-0.25, -0.2) is 14.6 Å². The molecule has 108 valence electrons. The van der Waals surface area contributed by atoms with E-state index in [9.17, 15) is 14.4 Å². The van der Waals surface area contributed by atoms with Gasteiger partial charge in [-0.05, 0) is 0 Å². The molecule has 2 heterocycles. The zero-order valence-corrected chi connectivity index (χ0v) is 10.7. The number of nitrogens with one attached hydrogen (secondary N) is 1. The van der Waals surface area contributed by atoms with Gasteiger partial charge < -0.3 is 24.5 Å². The minimum atomic E-state index is -1.30. The third-order valence-electron chi connectivity index (χ3n) is 2.92. The maximum Gasteiger partial charge on any atom is 0.354 e. The molecule has 0 spiro atoms. The van der Waals surface area contributed by atoms with Gasteiger partial charge in [-0.3, -0.25) is 4.79 Å². The molecular formula is C11H13N3O6. The van der Waals surface area contributed by atoms with Crippen LogP contribution >= 0.6 is 0 Å². The van der Waals surface area contributed by atoms with Gasteiger partial charge >= 0.3 is 11.9 Å². The number of ether oxygens (including phenoxy) is 2. The summed E-state index contributed by atoms with van der Waals surface area (Å²) in [5.41, 5.74) is -0.557. The van der Waals surface area contributed by atoms with Crippen LogP contribution in [0.25, 0.3) is 0 Å². The second-order valence-electron chi connectivity index (χ2n) is 4.04. The van der Waals surface area contributed by atoms with E-state index in [1.165, 1.54) is 12.0 Å². The minimum Gasteiger partial charge on any atom is -0.477 e. The lowest BCUT2D eigenvalue weighted by molar-refractivity contribution is -0.151. The number of methoxy groups -OCH3 is 1. The zero-order valence-electron chi connectivity index (χ0n) is 10.7. The molecule has 1 aromatic rings. The molecule has 20 heavy (non-hydrogen) atoms. The van der Waals surface area contributed by atoms with Gasteiger partial charge in [0, 0.05) is 6.54 Å². The van der Waals surface area contributed by atoms with Crippen molar-refractivity contribution < 1.29 is 29.0 Å². The number of carboxylic acids is 1. The number of morpholine rings is 1. The molecule has 1 aromatic heterocycles. The van der Waals surface area contributed by atoms with Crippen LogP contribution in [0.5, 0.6) is 0 Å². The molecule has 2 rings (SSSR count). The molecule has 1 aliphatic rings. The zero-order chi connectivity index (χ0) is 14.7. The van der Waals surface area contributed by atoms with Crippen molar-refractivity contribution in [2.45, 2.75) is 6.04 Å². The van der Waals surface area contributed by atoms with E-state index in [1.807, 2.05) is 0 Å². The quantitative estimate of drug-likeness (QED) is 0.691. The van der Waals surface area contributed by atoms with Gasteiger partial charge in [-0.2, -0.15) is 0 Å². The van der Waals surface area contributed by atoms with Crippen LogP contribution in [0.2, 0.25) is 0 Å². The average Bonchev–Trinajstić information content (AvgIpc) is 2.95. The Hall–Kier alpha value is -2.42. The van der Waals surface area contributed by atoms with Gasteiger partial charge in [-0.1, -0.05) is 0 Å². The van der Waals surface area contributed by atoms with Crippen molar-refractivity contribution in [2.24, 2.45) is 0 Å². The van der Waals surface area contributed by atoms with Crippen LogP contribution in [-0.2, 0) is 14.3 Å². The molecule has 1 unspecified atom stereocenters. The number of aromatic carboxylic acids is 1. The fourth-order valence-electron chi connectivity index (χ4n) is 1.93. The molecule has 1 amide bonds. The Bertz CT molecular complexity index is 540. The third kappa shape index (κ3) is 2.48. The van der Waals surface area contributed by atoms with E-state index in [1.54, 1.807) is 0 Å². The van der Waals surface area contributed by atoms with E-state index in [0.29, 0.717) is 0 Å². The summed E-state index contributed by atoms with van der Waals surface area (Å²) in [7, 11) is 1.21. The van der Waals surface area contributed by atoms with Crippen molar-refractivity contribution in [3.05, 3.63) is 17.7 Å². The van der Waals surface area contributed by atoms with Crippen LogP contribution in [0.15, 0.2) is 6.33 Å².